The summed E-state index contributed by atoms with van der Waals surface area (Å²) >= 11 is 0. The number of ether oxygens (including phenoxy) is 2. The molecule has 0 aromatic carbocycles. The Morgan fingerprint density at radius 1 is 0.600 bits per heavy atom. The Kier molecular flexibility index (Phi) is 34.3. The molecule has 0 heterocycles. The third-order valence-electron chi connectivity index (χ3n) is 8.05. The summed E-state index contributed by atoms with van der Waals surface area (Å²) in [5.41, 5.74) is 0. The Balaban J connectivity index is 4.42. The lowest BCUT2D eigenvalue weighted by atomic mass is 10.0. The minimum absolute atomic E-state index is 0.178. The lowest BCUT2D eigenvalue weighted by molar-refractivity contribution is -0.161. The normalized spacial score (nSPS) is 14.4. The molecule has 292 valence electrons. The number of hydrogen-bond acceptors (Lipinski definition) is 9. The highest BCUT2D eigenvalue weighted by Gasteiger charge is 2.27. The summed E-state index contributed by atoms with van der Waals surface area (Å²) in [4.78, 5) is 34.8. The minimum Gasteiger partial charge on any atom is -0.462 e. The van der Waals surface area contributed by atoms with Gasteiger partial charge in [-0.3, -0.25) is 18.6 Å². The standard InChI is InChI=1S/C39H71O10P/c1-3-5-7-9-11-13-15-17-18-19-21-22-24-26-28-30-38(42)46-34-37(35-48-50(44,45)47-33-36(41)32-40)49-39(43)31-29-27-25-23-20-16-14-12-10-8-6-4-2/h11,13,17-18,21-22,36-37,40-41H,3-10,12,14-16,19-20,23-35H2,1-2H3,(H,44,45)/b13-11+,18-17+,22-21+/t36-,37+/m0/s1. The van der Waals surface area contributed by atoms with Crippen LogP contribution in [0, 0.1) is 0 Å². The van der Waals surface area contributed by atoms with E-state index < -0.39 is 51.8 Å². The first-order chi connectivity index (χ1) is 24.2. The van der Waals surface area contributed by atoms with Crippen LogP contribution in [0.25, 0.3) is 0 Å². The van der Waals surface area contributed by atoms with Crippen LogP contribution in [0.5, 0.6) is 0 Å². The van der Waals surface area contributed by atoms with Crippen LogP contribution >= 0.6 is 7.82 Å². The summed E-state index contributed by atoms with van der Waals surface area (Å²) in [5, 5.41) is 18.3. The van der Waals surface area contributed by atoms with Crippen molar-refractivity contribution in [3.8, 4) is 0 Å². The molecule has 0 saturated carbocycles. The first-order valence-electron chi connectivity index (χ1n) is 19.4. The maximum atomic E-state index is 12.5. The second-order valence-corrected chi connectivity index (χ2v) is 14.4. The molecule has 11 heteroatoms. The van der Waals surface area contributed by atoms with E-state index in [1.807, 2.05) is 0 Å². The topological polar surface area (TPSA) is 149 Å². The number of aliphatic hydroxyl groups is 2. The van der Waals surface area contributed by atoms with Crippen LogP contribution in [0.2, 0.25) is 0 Å². The van der Waals surface area contributed by atoms with Crippen molar-refractivity contribution in [2.24, 2.45) is 0 Å². The molecule has 0 bridgehead atoms. The minimum atomic E-state index is -4.62. The van der Waals surface area contributed by atoms with Crippen LogP contribution in [-0.4, -0.2) is 65.7 Å². The van der Waals surface area contributed by atoms with Crippen LogP contribution < -0.4 is 0 Å². The van der Waals surface area contributed by atoms with E-state index in [1.165, 1.54) is 70.6 Å². The maximum absolute atomic E-state index is 12.5. The van der Waals surface area contributed by atoms with Gasteiger partial charge in [-0.05, 0) is 51.4 Å². The fourth-order valence-electron chi connectivity index (χ4n) is 5.00. The molecular formula is C39H71O10P. The summed E-state index contributed by atoms with van der Waals surface area (Å²) in [5.74, 6) is -0.970. The number of allylic oxidation sites excluding steroid dienone is 6. The molecule has 0 aliphatic carbocycles. The van der Waals surface area contributed by atoms with Crippen molar-refractivity contribution in [1.82, 2.24) is 0 Å². The van der Waals surface area contributed by atoms with E-state index in [2.05, 4.69) is 54.8 Å². The SMILES string of the molecule is CCCCC/C=C/C/C=C/C/C=C/CCCCC(=O)OC[C@H](COP(=O)(O)OC[C@@H](O)CO)OC(=O)CCCCCCCCCCCCCC. The number of aliphatic hydroxyl groups excluding tert-OH is 2. The summed E-state index contributed by atoms with van der Waals surface area (Å²) < 4.78 is 32.5. The fraction of sp³-hybridized carbons (Fsp3) is 0.795. The zero-order valence-corrected chi connectivity index (χ0v) is 32.3. The van der Waals surface area contributed by atoms with Gasteiger partial charge in [0, 0.05) is 12.8 Å². The predicted molar refractivity (Wildman–Crippen MR) is 201 cm³/mol. The number of carbonyl (C=O) groups is 2. The Bertz CT molecular complexity index is 936. The van der Waals surface area contributed by atoms with Gasteiger partial charge in [0.2, 0.25) is 0 Å². The Morgan fingerprint density at radius 3 is 1.60 bits per heavy atom. The van der Waals surface area contributed by atoms with E-state index in [9.17, 15) is 24.2 Å². The quantitative estimate of drug-likeness (QED) is 0.0246. The number of phosphoric ester groups is 1. The van der Waals surface area contributed by atoms with Crippen LogP contribution in [0.3, 0.4) is 0 Å². The lowest BCUT2D eigenvalue weighted by Gasteiger charge is -2.20. The van der Waals surface area contributed by atoms with Gasteiger partial charge in [-0.1, -0.05) is 134 Å². The molecular weight excluding hydrogens is 659 g/mol. The summed E-state index contributed by atoms with van der Waals surface area (Å²) in [7, 11) is -4.62. The average molecular weight is 731 g/mol. The van der Waals surface area contributed by atoms with Gasteiger partial charge in [0.05, 0.1) is 19.8 Å². The Hall–Kier alpha value is -1.81. The summed E-state index contributed by atoms with van der Waals surface area (Å²) in [6.07, 6.45) is 34.0. The van der Waals surface area contributed by atoms with Crippen LogP contribution in [0.1, 0.15) is 162 Å². The highest BCUT2D eigenvalue weighted by atomic mass is 31.2. The van der Waals surface area contributed by atoms with Crippen LogP contribution in [-0.2, 0) is 32.7 Å². The molecule has 0 aromatic rings. The number of rotatable bonds is 36. The molecule has 50 heavy (non-hydrogen) atoms. The molecule has 3 atom stereocenters. The zero-order chi connectivity index (χ0) is 37.0. The first kappa shape index (κ1) is 48.2. The number of hydrogen-bond donors (Lipinski definition) is 3. The van der Waals surface area contributed by atoms with Gasteiger partial charge in [-0.25, -0.2) is 4.57 Å². The zero-order valence-electron chi connectivity index (χ0n) is 31.4. The molecule has 3 N–H and O–H groups in total. The van der Waals surface area contributed by atoms with E-state index in [4.69, 9.17) is 19.1 Å². The van der Waals surface area contributed by atoms with Crippen LogP contribution in [0.15, 0.2) is 36.5 Å². The van der Waals surface area contributed by atoms with E-state index in [0.29, 0.717) is 12.8 Å². The largest absolute Gasteiger partial charge is 0.472 e. The molecule has 0 aliphatic rings. The molecule has 0 amide bonds. The smallest absolute Gasteiger partial charge is 0.462 e. The number of carbonyl (C=O) groups excluding carboxylic acids is 2. The second kappa shape index (κ2) is 35.6. The van der Waals surface area contributed by atoms with Gasteiger partial charge in [0.1, 0.15) is 12.7 Å². The van der Waals surface area contributed by atoms with Crippen molar-refractivity contribution < 1.29 is 47.8 Å². The Labute approximate surface area is 303 Å². The van der Waals surface area contributed by atoms with Crippen LogP contribution in [0.4, 0.5) is 0 Å². The van der Waals surface area contributed by atoms with Crippen molar-refractivity contribution >= 4 is 19.8 Å². The summed E-state index contributed by atoms with van der Waals surface area (Å²) in [6.45, 7) is 2.29. The molecule has 1 unspecified atom stereocenters. The molecule has 10 nitrogen and oxygen atoms in total. The monoisotopic (exact) mass is 730 g/mol. The first-order valence-corrected chi connectivity index (χ1v) is 20.9. The highest BCUT2D eigenvalue weighted by Crippen LogP contribution is 2.43. The number of unbranched alkanes of at least 4 members (excludes halogenated alkanes) is 16. The molecule has 0 fully saturated rings. The van der Waals surface area contributed by atoms with E-state index in [1.54, 1.807) is 0 Å². The van der Waals surface area contributed by atoms with E-state index >= 15 is 0 Å². The van der Waals surface area contributed by atoms with Gasteiger partial charge in [-0.15, -0.1) is 0 Å². The summed E-state index contributed by atoms with van der Waals surface area (Å²) in [6, 6.07) is 0. The molecule has 0 rings (SSSR count). The van der Waals surface area contributed by atoms with Crippen molar-refractivity contribution in [2.45, 2.75) is 174 Å². The highest BCUT2D eigenvalue weighted by molar-refractivity contribution is 7.47. The molecule has 0 spiro atoms. The van der Waals surface area contributed by atoms with Gasteiger partial charge in [-0.2, -0.15) is 0 Å². The average Bonchev–Trinajstić information content (AvgIpc) is 3.10. The van der Waals surface area contributed by atoms with E-state index in [-0.39, 0.29) is 19.4 Å². The van der Waals surface area contributed by atoms with Gasteiger partial charge < -0.3 is 24.6 Å². The third kappa shape index (κ3) is 34.6. The van der Waals surface area contributed by atoms with Gasteiger partial charge in [0.25, 0.3) is 0 Å². The third-order valence-corrected chi connectivity index (χ3v) is 9.00. The Morgan fingerprint density at radius 2 is 1.04 bits per heavy atom. The van der Waals surface area contributed by atoms with Crippen molar-refractivity contribution in [2.75, 3.05) is 26.4 Å². The molecule has 0 aliphatic heterocycles. The second-order valence-electron chi connectivity index (χ2n) is 13.0. The number of esters is 2. The van der Waals surface area contributed by atoms with Crippen molar-refractivity contribution in [3.05, 3.63) is 36.5 Å². The van der Waals surface area contributed by atoms with Gasteiger partial charge in [0.15, 0.2) is 6.10 Å². The predicted octanol–water partition coefficient (Wildman–Crippen LogP) is 9.61. The van der Waals surface area contributed by atoms with Gasteiger partial charge >= 0.3 is 19.8 Å². The lowest BCUT2D eigenvalue weighted by Crippen LogP contribution is -2.29. The number of phosphoric acid groups is 1. The molecule has 0 aromatic heterocycles. The maximum Gasteiger partial charge on any atom is 0.472 e. The fourth-order valence-corrected chi connectivity index (χ4v) is 5.79. The van der Waals surface area contributed by atoms with E-state index in [0.717, 1.165) is 51.4 Å². The molecule has 0 saturated heterocycles. The van der Waals surface area contributed by atoms with Crippen molar-refractivity contribution in [3.63, 3.8) is 0 Å². The van der Waals surface area contributed by atoms with Crippen molar-refractivity contribution in [1.29, 1.82) is 0 Å². The molecule has 0 radical (unpaired) electrons.